The van der Waals surface area contributed by atoms with Crippen LogP contribution in [-0.2, 0) is 0 Å². The molecule has 54 valence electrons. The third kappa shape index (κ3) is 1.80. The number of aromatic nitrogens is 1. The first-order chi connectivity index (χ1) is 5.24. The molecule has 0 spiro atoms. The summed E-state index contributed by atoms with van der Waals surface area (Å²) in [6.45, 7) is 0. The first-order valence-corrected chi connectivity index (χ1v) is 3.16. The molecule has 0 fully saturated rings. The summed E-state index contributed by atoms with van der Waals surface area (Å²) in [7, 11) is 6.97. The third-order valence-electron chi connectivity index (χ3n) is 1.25. The summed E-state index contributed by atoms with van der Waals surface area (Å²) < 4.78 is 0. The standard InChI is InChI=1S/C7H7BN2O/c1-9-7(11)5-2-6(8)4-10-3-5/h2-4H,1H3,(H,9,11). The molecule has 11 heavy (non-hydrogen) atoms. The highest BCUT2D eigenvalue weighted by molar-refractivity contribution is 6.32. The second kappa shape index (κ2) is 3.19. The number of nitrogens with one attached hydrogen (secondary N) is 1. The predicted molar refractivity (Wildman–Crippen MR) is 43.0 cm³/mol. The van der Waals surface area contributed by atoms with Gasteiger partial charge >= 0.3 is 0 Å². The topological polar surface area (TPSA) is 42.0 Å². The molecule has 0 aliphatic heterocycles. The summed E-state index contributed by atoms with van der Waals surface area (Å²) in [4.78, 5) is 14.7. The van der Waals surface area contributed by atoms with Crippen LogP contribution in [0.3, 0.4) is 0 Å². The number of carbonyl (C=O) groups excluding carboxylic acids is 1. The Morgan fingerprint density at radius 3 is 2.91 bits per heavy atom. The second-order valence-electron chi connectivity index (χ2n) is 2.09. The number of nitrogens with zero attached hydrogens (tertiary/aromatic N) is 1. The van der Waals surface area contributed by atoms with Crippen molar-refractivity contribution in [3.05, 3.63) is 24.0 Å². The van der Waals surface area contributed by atoms with Crippen molar-refractivity contribution in [1.29, 1.82) is 0 Å². The normalized spacial score (nSPS) is 9.18. The molecule has 0 aromatic carbocycles. The highest BCUT2D eigenvalue weighted by Crippen LogP contribution is 1.91. The summed E-state index contributed by atoms with van der Waals surface area (Å²) in [5, 5.41) is 2.47. The molecular weight excluding hydrogens is 139 g/mol. The van der Waals surface area contributed by atoms with Gasteiger partial charge in [0.15, 0.2) is 0 Å². The molecule has 1 rings (SSSR count). The van der Waals surface area contributed by atoms with E-state index >= 15 is 0 Å². The van der Waals surface area contributed by atoms with E-state index in [1.807, 2.05) is 0 Å². The lowest BCUT2D eigenvalue weighted by Crippen LogP contribution is -2.20. The van der Waals surface area contributed by atoms with Crippen molar-refractivity contribution in [1.82, 2.24) is 10.3 Å². The third-order valence-corrected chi connectivity index (χ3v) is 1.25. The molecule has 0 saturated carbocycles. The Hall–Kier alpha value is -1.32. The Morgan fingerprint density at radius 2 is 2.36 bits per heavy atom. The maximum absolute atomic E-state index is 11.0. The minimum absolute atomic E-state index is 0.176. The fraction of sp³-hybridized carbons (Fsp3) is 0.143. The van der Waals surface area contributed by atoms with Crippen LogP contribution in [0.4, 0.5) is 0 Å². The zero-order chi connectivity index (χ0) is 8.27. The van der Waals surface area contributed by atoms with Crippen molar-refractivity contribution in [3.63, 3.8) is 0 Å². The SMILES string of the molecule is [B]c1cncc(C(=O)NC)c1. The van der Waals surface area contributed by atoms with E-state index in [9.17, 15) is 4.79 Å². The number of hydrogen-bond acceptors (Lipinski definition) is 2. The van der Waals surface area contributed by atoms with Gasteiger partial charge in [0.05, 0.1) is 5.56 Å². The molecule has 1 amide bonds. The van der Waals surface area contributed by atoms with Gasteiger partial charge in [0.1, 0.15) is 7.85 Å². The van der Waals surface area contributed by atoms with Crippen LogP contribution < -0.4 is 10.8 Å². The minimum atomic E-state index is -0.176. The van der Waals surface area contributed by atoms with Crippen molar-refractivity contribution in [2.75, 3.05) is 7.05 Å². The molecule has 0 unspecified atom stereocenters. The van der Waals surface area contributed by atoms with Gasteiger partial charge in [-0.15, -0.1) is 0 Å². The molecule has 1 N–H and O–H groups in total. The predicted octanol–water partition coefficient (Wildman–Crippen LogP) is -0.765. The first kappa shape index (κ1) is 7.79. The zero-order valence-electron chi connectivity index (χ0n) is 6.16. The first-order valence-electron chi connectivity index (χ1n) is 3.16. The molecule has 0 bridgehead atoms. The molecular formula is C7H7BN2O. The van der Waals surface area contributed by atoms with Crippen molar-refractivity contribution in [2.45, 2.75) is 0 Å². The quantitative estimate of drug-likeness (QED) is 0.529. The average Bonchev–Trinajstić information content (AvgIpc) is 2.03. The molecule has 0 saturated heterocycles. The maximum atomic E-state index is 11.0. The Bertz CT molecular complexity index is 275. The molecule has 3 nitrogen and oxygen atoms in total. The molecule has 0 aliphatic carbocycles. The lowest BCUT2D eigenvalue weighted by molar-refractivity contribution is 0.0963. The Labute approximate surface area is 66.2 Å². The van der Waals surface area contributed by atoms with E-state index in [4.69, 9.17) is 7.85 Å². The van der Waals surface area contributed by atoms with Crippen LogP contribution in [0.15, 0.2) is 18.5 Å². The van der Waals surface area contributed by atoms with Crippen LogP contribution in [0.5, 0.6) is 0 Å². The van der Waals surface area contributed by atoms with Crippen LogP contribution in [0, 0.1) is 0 Å². The Morgan fingerprint density at radius 1 is 1.64 bits per heavy atom. The van der Waals surface area contributed by atoms with Crippen LogP contribution in [0.25, 0.3) is 0 Å². The summed E-state index contributed by atoms with van der Waals surface area (Å²) in [5.41, 5.74) is 0.971. The molecule has 1 heterocycles. The van der Waals surface area contributed by atoms with E-state index < -0.39 is 0 Å². The smallest absolute Gasteiger partial charge is 0.252 e. The second-order valence-corrected chi connectivity index (χ2v) is 2.09. The van der Waals surface area contributed by atoms with Gasteiger partial charge in [-0.2, -0.15) is 0 Å². The largest absolute Gasteiger partial charge is 0.355 e. The van der Waals surface area contributed by atoms with E-state index in [0.29, 0.717) is 11.0 Å². The van der Waals surface area contributed by atoms with E-state index in [1.54, 1.807) is 13.1 Å². The Balaban J connectivity index is 2.96. The van der Waals surface area contributed by atoms with Crippen molar-refractivity contribution in [2.24, 2.45) is 0 Å². The van der Waals surface area contributed by atoms with Gasteiger partial charge in [0.25, 0.3) is 5.91 Å². The lowest BCUT2D eigenvalue weighted by Gasteiger charge is -1.98. The molecule has 1 aromatic rings. The van der Waals surface area contributed by atoms with Crippen molar-refractivity contribution in [3.8, 4) is 0 Å². The van der Waals surface area contributed by atoms with E-state index in [0.717, 1.165) is 0 Å². The lowest BCUT2D eigenvalue weighted by atomic mass is 9.97. The van der Waals surface area contributed by atoms with Crippen molar-refractivity contribution < 1.29 is 4.79 Å². The average molecular weight is 146 g/mol. The molecule has 0 aliphatic rings. The summed E-state index contributed by atoms with van der Waals surface area (Å²) in [6, 6.07) is 1.58. The van der Waals surface area contributed by atoms with Gasteiger partial charge < -0.3 is 5.32 Å². The molecule has 4 heteroatoms. The molecule has 0 atom stereocenters. The monoisotopic (exact) mass is 146 g/mol. The zero-order valence-corrected chi connectivity index (χ0v) is 6.16. The summed E-state index contributed by atoms with van der Waals surface area (Å²) in [5.74, 6) is -0.176. The van der Waals surface area contributed by atoms with Crippen molar-refractivity contribution >= 4 is 19.2 Å². The number of pyridine rings is 1. The van der Waals surface area contributed by atoms with Crippen LogP contribution in [-0.4, -0.2) is 25.8 Å². The van der Waals surface area contributed by atoms with Gasteiger partial charge in [0, 0.05) is 19.4 Å². The van der Waals surface area contributed by atoms with Crippen LogP contribution in [0.2, 0.25) is 0 Å². The number of amides is 1. The highest BCUT2D eigenvalue weighted by Gasteiger charge is 2.01. The van der Waals surface area contributed by atoms with E-state index in [-0.39, 0.29) is 5.91 Å². The Kier molecular flexibility index (Phi) is 2.26. The minimum Gasteiger partial charge on any atom is -0.355 e. The maximum Gasteiger partial charge on any atom is 0.252 e. The number of rotatable bonds is 1. The molecule has 1 aromatic heterocycles. The summed E-state index contributed by atoms with van der Waals surface area (Å²) in [6.07, 6.45) is 2.96. The van der Waals surface area contributed by atoms with Crippen LogP contribution >= 0.6 is 0 Å². The van der Waals surface area contributed by atoms with Gasteiger partial charge in [-0.3, -0.25) is 9.78 Å². The van der Waals surface area contributed by atoms with Gasteiger partial charge in [0.2, 0.25) is 0 Å². The molecule has 2 radical (unpaired) electrons. The number of carbonyl (C=O) groups is 1. The van der Waals surface area contributed by atoms with Gasteiger partial charge in [-0.25, -0.2) is 0 Å². The fourth-order valence-electron chi connectivity index (χ4n) is 0.726. The van der Waals surface area contributed by atoms with E-state index in [2.05, 4.69) is 10.3 Å². The van der Waals surface area contributed by atoms with Gasteiger partial charge in [-0.1, -0.05) is 11.5 Å². The summed E-state index contributed by atoms with van der Waals surface area (Å²) >= 11 is 0. The van der Waals surface area contributed by atoms with Gasteiger partial charge in [-0.05, 0) is 0 Å². The van der Waals surface area contributed by atoms with E-state index in [1.165, 1.54) is 12.4 Å². The fourth-order valence-corrected chi connectivity index (χ4v) is 0.726. The number of hydrogen-bond donors (Lipinski definition) is 1. The van der Waals surface area contributed by atoms with Crippen LogP contribution in [0.1, 0.15) is 10.4 Å². The highest BCUT2D eigenvalue weighted by atomic mass is 16.1.